The Morgan fingerprint density at radius 3 is 2.23 bits per heavy atom. The maximum Gasteiger partial charge on any atom is 0.495 e. The Balaban J connectivity index is 0.00000263. The average Bonchev–Trinajstić information content (AvgIpc) is 2.69. The van der Waals surface area contributed by atoms with E-state index in [1.165, 1.54) is 18.6 Å². The zero-order chi connectivity index (χ0) is 22.9. The number of carbonyl (C=O) groups is 4. The van der Waals surface area contributed by atoms with E-state index < -0.39 is 30.1 Å². The second-order valence-corrected chi connectivity index (χ2v) is 6.18. The fourth-order valence-corrected chi connectivity index (χ4v) is 2.09. The van der Waals surface area contributed by atoms with Gasteiger partial charge in [-0.2, -0.15) is 0 Å². The quantitative estimate of drug-likeness (QED) is 0.280. The minimum Gasteiger partial charge on any atom is -0.435 e. The summed E-state index contributed by atoms with van der Waals surface area (Å²) in [5, 5.41) is 7.51. The van der Waals surface area contributed by atoms with E-state index >= 15 is 0 Å². The summed E-state index contributed by atoms with van der Waals surface area (Å²) in [6.07, 6.45) is 0.0265. The second-order valence-electron chi connectivity index (χ2n) is 6.18. The van der Waals surface area contributed by atoms with Crippen LogP contribution in [0.4, 0.5) is 19.7 Å². The zero-order valence-electron chi connectivity index (χ0n) is 17.2. The molecule has 168 valence electrons. The Morgan fingerprint density at radius 1 is 1.13 bits per heavy atom. The van der Waals surface area contributed by atoms with Crippen molar-refractivity contribution in [1.82, 2.24) is 10.6 Å². The van der Waals surface area contributed by atoms with Crippen LogP contribution in [0.1, 0.15) is 38.7 Å². The lowest BCUT2D eigenvalue weighted by Crippen LogP contribution is -2.46. The topological polar surface area (TPSA) is 166 Å². The summed E-state index contributed by atoms with van der Waals surface area (Å²) < 4.78 is 16.3. The SMILES string of the molecule is CCC.NCC(=O)NC(CCCNC(N)=O)C(=O)Nc1ccc(COC(=O)F)cc1. The molecule has 0 aromatic heterocycles. The molecule has 1 aromatic rings. The first-order chi connectivity index (χ1) is 14.2. The molecule has 0 spiro atoms. The number of rotatable bonds is 10. The Hall–Kier alpha value is -3.21. The molecule has 0 bridgehead atoms. The molecule has 10 nitrogen and oxygen atoms in total. The van der Waals surface area contributed by atoms with E-state index in [-0.39, 0.29) is 26.1 Å². The van der Waals surface area contributed by atoms with Gasteiger partial charge in [0.2, 0.25) is 11.8 Å². The van der Waals surface area contributed by atoms with Gasteiger partial charge in [0.25, 0.3) is 0 Å². The van der Waals surface area contributed by atoms with Gasteiger partial charge >= 0.3 is 12.3 Å². The van der Waals surface area contributed by atoms with Crippen LogP contribution in [0.5, 0.6) is 0 Å². The molecular formula is C19H30FN5O5. The van der Waals surface area contributed by atoms with Gasteiger partial charge in [-0.05, 0) is 30.5 Å². The van der Waals surface area contributed by atoms with E-state index in [2.05, 4.69) is 34.5 Å². The van der Waals surface area contributed by atoms with E-state index in [1.807, 2.05) is 0 Å². The van der Waals surface area contributed by atoms with E-state index in [9.17, 15) is 23.6 Å². The number of nitrogens with two attached hydrogens (primary N) is 2. The number of urea groups is 1. The number of hydrogen-bond donors (Lipinski definition) is 5. The van der Waals surface area contributed by atoms with Crippen molar-refractivity contribution in [3.63, 3.8) is 0 Å². The molecule has 1 atom stereocenters. The minimum atomic E-state index is -1.88. The van der Waals surface area contributed by atoms with Crippen LogP contribution in [0.25, 0.3) is 0 Å². The van der Waals surface area contributed by atoms with Crippen LogP contribution in [-0.4, -0.2) is 43.2 Å². The van der Waals surface area contributed by atoms with Gasteiger partial charge in [0.15, 0.2) is 0 Å². The van der Waals surface area contributed by atoms with Gasteiger partial charge in [-0.25, -0.2) is 9.59 Å². The van der Waals surface area contributed by atoms with Crippen molar-refractivity contribution in [3.8, 4) is 0 Å². The van der Waals surface area contributed by atoms with Gasteiger partial charge in [0.05, 0.1) is 6.54 Å². The summed E-state index contributed by atoms with van der Waals surface area (Å²) in [6.45, 7) is 4.00. The highest BCUT2D eigenvalue weighted by Crippen LogP contribution is 2.12. The molecule has 0 heterocycles. The van der Waals surface area contributed by atoms with Crippen LogP contribution in [0.3, 0.4) is 0 Å². The van der Waals surface area contributed by atoms with Gasteiger partial charge in [0.1, 0.15) is 12.6 Å². The van der Waals surface area contributed by atoms with E-state index in [0.29, 0.717) is 17.7 Å². The van der Waals surface area contributed by atoms with Crippen LogP contribution in [0, 0.1) is 0 Å². The van der Waals surface area contributed by atoms with Gasteiger partial charge in [-0.1, -0.05) is 32.4 Å². The largest absolute Gasteiger partial charge is 0.495 e. The number of benzene rings is 1. The molecule has 1 aromatic carbocycles. The van der Waals surface area contributed by atoms with Gasteiger partial charge in [-0.3, -0.25) is 9.59 Å². The Morgan fingerprint density at radius 2 is 1.73 bits per heavy atom. The van der Waals surface area contributed by atoms with Crippen molar-refractivity contribution >= 4 is 29.8 Å². The lowest BCUT2D eigenvalue weighted by molar-refractivity contribution is -0.125. The normalized spacial score (nSPS) is 10.7. The van der Waals surface area contributed by atoms with Crippen molar-refractivity contribution in [1.29, 1.82) is 0 Å². The summed E-state index contributed by atoms with van der Waals surface area (Å²) in [5.74, 6) is -0.972. The first kappa shape index (κ1) is 26.8. The lowest BCUT2D eigenvalue weighted by Gasteiger charge is -2.18. The highest BCUT2D eigenvalue weighted by atomic mass is 19.1. The predicted molar refractivity (Wildman–Crippen MR) is 110 cm³/mol. The Kier molecular flexibility index (Phi) is 14.0. The molecule has 0 aliphatic carbocycles. The van der Waals surface area contributed by atoms with Gasteiger partial charge in [-0.15, -0.1) is 4.39 Å². The molecule has 0 fully saturated rings. The summed E-state index contributed by atoms with van der Waals surface area (Å²) in [6, 6.07) is 4.63. The fourth-order valence-electron chi connectivity index (χ4n) is 2.09. The number of halogens is 1. The number of ether oxygens (including phenoxy) is 1. The minimum absolute atomic E-state index is 0.231. The monoisotopic (exact) mass is 427 g/mol. The molecule has 1 unspecified atom stereocenters. The predicted octanol–water partition coefficient (Wildman–Crippen LogP) is 1.54. The lowest BCUT2D eigenvalue weighted by atomic mass is 10.1. The molecule has 11 heteroatoms. The molecule has 1 rings (SSSR count). The average molecular weight is 427 g/mol. The molecule has 4 amide bonds. The van der Waals surface area contributed by atoms with E-state index in [4.69, 9.17) is 11.5 Å². The molecule has 0 aliphatic rings. The number of primary amides is 1. The maximum absolute atomic E-state index is 12.4. The second kappa shape index (κ2) is 15.7. The fraction of sp³-hybridized carbons (Fsp3) is 0.474. The van der Waals surface area contributed by atoms with Crippen LogP contribution < -0.4 is 27.4 Å². The molecule has 0 aliphatic heterocycles. The van der Waals surface area contributed by atoms with Crippen molar-refractivity contribution in [2.45, 2.75) is 45.8 Å². The first-order valence-corrected chi connectivity index (χ1v) is 9.48. The molecular weight excluding hydrogens is 397 g/mol. The van der Waals surface area contributed by atoms with E-state index in [1.54, 1.807) is 12.1 Å². The molecule has 30 heavy (non-hydrogen) atoms. The maximum atomic E-state index is 12.4. The standard InChI is InChI=1S/C16H22FN5O5.C3H8/c17-15(25)27-9-10-3-5-11(6-4-10)21-14(24)12(22-13(23)8-18)2-1-7-20-16(19)26;1-3-2/h3-6,12H,1-2,7-9,18H2,(H,21,24)(H,22,23)(H3,19,20,26);3H2,1-2H3. The highest BCUT2D eigenvalue weighted by Gasteiger charge is 2.20. The molecule has 0 saturated heterocycles. The molecule has 0 saturated carbocycles. The summed E-state index contributed by atoms with van der Waals surface area (Å²) in [5.41, 5.74) is 11.2. The zero-order valence-corrected chi connectivity index (χ0v) is 17.2. The molecule has 0 radical (unpaired) electrons. The van der Waals surface area contributed by atoms with Crippen molar-refractivity contribution in [2.24, 2.45) is 11.5 Å². The summed E-state index contributed by atoms with van der Waals surface area (Å²) in [4.78, 5) is 44.7. The summed E-state index contributed by atoms with van der Waals surface area (Å²) in [7, 11) is 0. The van der Waals surface area contributed by atoms with Crippen LogP contribution in [0.15, 0.2) is 24.3 Å². The number of nitrogens with one attached hydrogen (secondary N) is 3. The molecule has 7 N–H and O–H groups in total. The third-order valence-electron chi connectivity index (χ3n) is 3.38. The third kappa shape index (κ3) is 13.0. The van der Waals surface area contributed by atoms with Gasteiger partial charge in [0, 0.05) is 12.2 Å². The highest BCUT2D eigenvalue weighted by molar-refractivity contribution is 5.97. The van der Waals surface area contributed by atoms with Crippen molar-refractivity contribution in [3.05, 3.63) is 29.8 Å². The van der Waals surface area contributed by atoms with Crippen molar-refractivity contribution < 1.29 is 28.3 Å². The third-order valence-corrected chi connectivity index (χ3v) is 3.38. The van der Waals surface area contributed by atoms with Crippen LogP contribution >= 0.6 is 0 Å². The Bertz CT molecular complexity index is 684. The number of hydrogen-bond acceptors (Lipinski definition) is 6. The number of anilines is 1. The van der Waals surface area contributed by atoms with Gasteiger partial charge < -0.3 is 32.2 Å². The first-order valence-electron chi connectivity index (χ1n) is 9.48. The van der Waals surface area contributed by atoms with Crippen molar-refractivity contribution in [2.75, 3.05) is 18.4 Å². The number of carbonyl (C=O) groups excluding carboxylic acids is 4. The summed E-state index contributed by atoms with van der Waals surface area (Å²) >= 11 is 0. The van der Waals surface area contributed by atoms with E-state index in [0.717, 1.165) is 0 Å². The van der Waals surface area contributed by atoms with Crippen LogP contribution in [-0.2, 0) is 20.9 Å². The smallest absolute Gasteiger partial charge is 0.435 e. The van der Waals surface area contributed by atoms with Crippen LogP contribution in [0.2, 0.25) is 0 Å². The number of amides is 4. The Labute approximate surface area is 174 Å².